The summed E-state index contributed by atoms with van der Waals surface area (Å²) in [4.78, 5) is 8.71. The first-order valence-electron chi connectivity index (χ1n) is 6.35. The second-order valence-corrected chi connectivity index (χ2v) is 5.47. The Morgan fingerprint density at radius 2 is 2.26 bits per heavy atom. The number of rotatable bonds is 3. The standard InChI is InChI=1S/C14H15BrN4/c15-11-3-1-2-10(6-11)7-17-14-12-8-16-5-4-13(12)18-9-19-14/h1-3,6,9,16H,4-5,7-8H2,(H,17,18,19). The Kier molecular flexibility index (Phi) is 3.75. The van der Waals surface area contributed by atoms with Gasteiger partial charge in [0.2, 0.25) is 0 Å². The van der Waals surface area contributed by atoms with Crippen LogP contribution >= 0.6 is 15.9 Å². The van der Waals surface area contributed by atoms with Gasteiger partial charge in [-0.3, -0.25) is 0 Å². The monoisotopic (exact) mass is 318 g/mol. The number of fused-ring (bicyclic) bond motifs is 1. The molecule has 0 amide bonds. The molecule has 0 radical (unpaired) electrons. The first kappa shape index (κ1) is 12.6. The molecule has 2 N–H and O–H groups in total. The SMILES string of the molecule is Brc1cccc(CNc2ncnc3c2CNCC3)c1. The highest BCUT2D eigenvalue weighted by atomic mass is 79.9. The highest BCUT2D eigenvalue weighted by Gasteiger charge is 2.14. The van der Waals surface area contributed by atoms with Crippen LogP contribution in [0.3, 0.4) is 0 Å². The number of hydrogen-bond acceptors (Lipinski definition) is 4. The largest absolute Gasteiger partial charge is 0.366 e. The van der Waals surface area contributed by atoms with Gasteiger partial charge in [-0.2, -0.15) is 0 Å². The lowest BCUT2D eigenvalue weighted by Gasteiger charge is -2.19. The van der Waals surface area contributed by atoms with Crippen molar-refractivity contribution in [3.8, 4) is 0 Å². The van der Waals surface area contributed by atoms with E-state index in [-0.39, 0.29) is 0 Å². The van der Waals surface area contributed by atoms with E-state index in [2.05, 4.69) is 48.7 Å². The fourth-order valence-corrected chi connectivity index (χ4v) is 2.70. The fourth-order valence-electron chi connectivity index (χ4n) is 2.26. The van der Waals surface area contributed by atoms with Crippen molar-refractivity contribution in [1.82, 2.24) is 15.3 Å². The number of nitrogens with one attached hydrogen (secondary N) is 2. The molecule has 19 heavy (non-hydrogen) atoms. The van der Waals surface area contributed by atoms with Gasteiger partial charge in [0.05, 0.1) is 5.69 Å². The third-order valence-electron chi connectivity index (χ3n) is 3.22. The Hall–Kier alpha value is -1.46. The second-order valence-electron chi connectivity index (χ2n) is 4.56. The van der Waals surface area contributed by atoms with Crippen molar-refractivity contribution in [1.29, 1.82) is 0 Å². The van der Waals surface area contributed by atoms with Crippen molar-refractivity contribution in [3.05, 3.63) is 51.9 Å². The minimum Gasteiger partial charge on any atom is -0.366 e. The topological polar surface area (TPSA) is 49.8 Å². The predicted octanol–water partition coefficient (Wildman–Crippen LogP) is 2.50. The number of hydrogen-bond donors (Lipinski definition) is 2. The van der Waals surface area contributed by atoms with Crippen LogP contribution in [0.15, 0.2) is 35.1 Å². The highest BCUT2D eigenvalue weighted by Crippen LogP contribution is 2.19. The molecule has 4 nitrogen and oxygen atoms in total. The van der Waals surface area contributed by atoms with Gasteiger partial charge in [-0.15, -0.1) is 0 Å². The van der Waals surface area contributed by atoms with E-state index in [1.807, 2.05) is 12.1 Å². The molecule has 1 aromatic heterocycles. The maximum Gasteiger partial charge on any atom is 0.134 e. The zero-order valence-electron chi connectivity index (χ0n) is 10.5. The molecule has 5 heteroatoms. The summed E-state index contributed by atoms with van der Waals surface area (Å²) in [6.45, 7) is 2.61. The van der Waals surface area contributed by atoms with Crippen molar-refractivity contribution in [2.75, 3.05) is 11.9 Å². The predicted molar refractivity (Wildman–Crippen MR) is 78.9 cm³/mol. The Labute approximate surface area is 120 Å². The smallest absolute Gasteiger partial charge is 0.134 e. The number of aromatic nitrogens is 2. The van der Waals surface area contributed by atoms with Crippen LogP contribution in [-0.2, 0) is 19.5 Å². The molecule has 1 aromatic carbocycles. The molecule has 0 saturated carbocycles. The lowest BCUT2D eigenvalue weighted by atomic mass is 10.1. The molecule has 1 aliphatic heterocycles. The molecule has 0 aliphatic carbocycles. The van der Waals surface area contributed by atoms with E-state index in [9.17, 15) is 0 Å². The van der Waals surface area contributed by atoms with Crippen LogP contribution in [0.5, 0.6) is 0 Å². The summed E-state index contributed by atoms with van der Waals surface area (Å²) < 4.78 is 1.10. The lowest BCUT2D eigenvalue weighted by molar-refractivity contribution is 0.627. The Bertz CT molecular complexity index is 585. The molecule has 0 unspecified atom stereocenters. The first-order valence-corrected chi connectivity index (χ1v) is 7.14. The second kappa shape index (κ2) is 5.67. The molecule has 1 aliphatic rings. The molecule has 0 spiro atoms. The van der Waals surface area contributed by atoms with Crippen molar-refractivity contribution >= 4 is 21.7 Å². The van der Waals surface area contributed by atoms with Crippen LogP contribution in [0, 0.1) is 0 Å². The number of nitrogens with zero attached hydrogens (tertiary/aromatic N) is 2. The minimum atomic E-state index is 0.767. The van der Waals surface area contributed by atoms with E-state index < -0.39 is 0 Å². The van der Waals surface area contributed by atoms with Gasteiger partial charge < -0.3 is 10.6 Å². The number of anilines is 1. The lowest BCUT2D eigenvalue weighted by Crippen LogP contribution is -2.26. The molecule has 0 bridgehead atoms. The summed E-state index contributed by atoms with van der Waals surface area (Å²) in [5.74, 6) is 0.942. The van der Waals surface area contributed by atoms with Crippen LogP contribution in [0.2, 0.25) is 0 Å². The van der Waals surface area contributed by atoms with Gasteiger partial charge in [0, 0.05) is 36.1 Å². The molecule has 0 saturated heterocycles. The summed E-state index contributed by atoms with van der Waals surface area (Å²) in [7, 11) is 0. The molecule has 2 heterocycles. The molecule has 0 atom stereocenters. The quantitative estimate of drug-likeness (QED) is 0.913. The fraction of sp³-hybridized carbons (Fsp3) is 0.286. The third-order valence-corrected chi connectivity index (χ3v) is 3.72. The van der Waals surface area contributed by atoms with Crippen LogP contribution in [-0.4, -0.2) is 16.5 Å². The Morgan fingerprint density at radius 3 is 3.16 bits per heavy atom. The number of halogens is 1. The van der Waals surface area contributed by atoms with Crippen LogP contribution < -0.4 is 10.6 Å². The van der Waals surface area contributed by atoms with E-state index in [1.54, 1.807) is 6.33 Å². The van der Waals surface area contributed by atoms with Crippen molar-refractivity contribution < 1.29 is 0 Å². The molecule has 98 valence electrons. The summed E-state index contributed by atoms with van der Waals surface area (Å²) in [6.07, 6.45) is 2.62. The number of benzene rings is 1. The average Bonchev–Trinajstić information content (AvgIpc) is 2.45. The van der Waals surface area contributed by atoms with E-state index in [0.29, 0.717) is 0 Å². The molecule has 0 fully saturated rings. The van der Waals surface area contributed by atoms with Gasteiger partial charge in [-0.05, 0) is 17.7 Å². The van der Waals surface area contributed by atoms with E-state index in [4.69, 9.17) is 0 Å². The maximum atomic E-state index is 4.36. The van der Waals surface area contributed by atoms with Crippen molar-refractivity contribution in [2.24, 2.45) is 0 Å². The van der Waals surface area contributed by atoms with Gasteiger partial charge in [0.1, 0.15) is 12.1 Å². The van der Waals surface area contributed by atoms with Crippen molar-refractivity contribution in [2.45, 2.75) is 19.5 Å². The minimum absolute atomic E-state index is 0.767. The van der Waals surface area contributed by atoms with E-state index >= 15 is 0 Å². The Morgan fingerprint density at radius 1 is 1.32 bits per heavy atom. The van der Waals surface area contributed by atoms with Crippen LogP contribution in [0.1, 0.15) is 16.8 Å². The van der Waals surface area contributed by atoms with Crippen LogP contribution in [0.4, 0.5) is 5.82 Å². The zero-order valence-corrected chi connectivity index (χ0v) is 12.1. The summed E-state index contributed by atoms with van der Waals surface area (Å²) in [5.41, 5.74) is 3.58. The summed E-state index contributed by atoms with van der Waals surface area (Å²) >= 11 is 3.49. The molecule has 2 aromatic rings. The molecular formula is C14H15BrN4. The molecule has 3 rings (SSSR count). The maximum absolute atomic E-state index is 4.36. The van der Waals surface area contributed by atoms with Gasteiger partial charge in [0.15, 0.2) is 0 Å². The van der Waals surface area contributed by atoms with Crippen molar-refractivity contribution in [3.63, 3.8) is 0 Å². The van der Waals surface area contributed by atoms with E-state index in [0.717, 1.165) is 42.0 Å². The van der Waals surface area contributed by atoms with Gasteiger partial charge in [-0.1, -0.05) is 28.1 Å². The first-order chi connectivity index (χ1) is 9.33. The van der Waals surface area contributed by atoms with Crippen LogP contribution in [0.25, 0.3) is 0 Å². The average molecular weight is 319 g/mol. The normalized spacial score (nSPS) is 13.9. The zero-order chi connectivity index (χ0) is 13.1. The summed E-state index contributed by atoms with van der Waals surface area (Å²) in [6, 6.07) is 8.28. The van der Waals surface area contributed by atoms with E-state index in [1.165, 1.54) is 11.1 Å². The third kappa shape index (κ3) is 2.93. The molecular weight excluding hydrogens is 304 g/mol. The Balaban J connectivity index is 1.77. The highest BCUT2D eigenvalue weighted by molar-refractivity contribution is 9.10. The summed E-state index contributed by atoms with van der Waals surface area (Å²) in [5, 5.41) is 6.77. The van der Waals surface area contributed by atoms with Gasteiger partial charge in [-0.25, -0.2) is 9.97 Å². The van der Waals surface area contributed by atoms with Gasteiger partial charge in [0.25, 0.3) is 0 Å². The van der Waals surface area contributed by atoms with Gasteiger partial charge >= 0.3 is 0 Å².